The first-order chi connectivity index (χ1) is 17.2. The van der Waals surface area contributed by atoms with Gasteiger partial charge < -0.3 is 4.90 Å². The average Bonchev–Trinajstić information content (AvgIpc) is 3.56. The lowest BCUT2D eigenvalue weighted by atomic mass is 9.81. The zero-order valence-corrected chi connectivity index (χ0v) is 21.7. The molecule has 36 heavy (non-hydrogen) atoms. The Hall–Kier alpha value is -3.06. The summed E-state index contributed by atoms with van der Waals surface area (Å²) >= 11 is 7.08. The number of pyridine rings is 1. The fourth-order valence-corrected chi connectivity index (χ4v) is 6.54. The van der Waals surface area contributed by atoms with Gasteiger partial charge >= 0.3 is 6.03 Å². The third-order valence-corrected chi connectivity index (χ3v) is 8.94. The molecule has 3 aromatic rings. The number of carbonyl (C=O) groups excluding carboxylic acids is 2. The molecule has 1 atom stereocenters. The van der Waals surface area contributed by atoms with E-state index in [0.717, 1.165) is 16.9 Å². The number of likely N-dealkylation sites (tertiary alicyclic amines) is 1. The van der Waals surface area contributed by atoms with Crippen LogP contribution in [0.2, 0.25) is 4.34 Å². The number of sulfonamides is 1. The van der Waals surface area contributed by atoms with Crippen LogP contribution in [0.25, 0.3) is 0 Å². The lowest BCUT2D eigenvalue weighted by Crippen LogP contribution is -2.41. The molecule has 2 aliphatic heterocycles. The first kappa shape index (κ1) is 24.6. The molecule has 1 aromatic carbocycles. The zero-order valence-electron chi connectivity index (χ0n) is 19.3. The Labute approximate surface area is 217 Å². The van der Waals surface area contributed by atoms with Crippen molar-refractivity contribution in [3.8, 4) is 0 Å². The minimum atomic E-state index is -3.85. The molecule has 3 amide bonds. The van der Waals surface area contributed by atoms with Crippen LogP contribution in [0.15, 0.2) is 53.7 Å². The Morgan fingerprint density at radius 1 is 1.19 bits per heavy atom. The Kier molecular flexibility index (Phi) is 6.45. The van der Waals surface area contributed by atoms with Crippen LogP contribution in [0.1, 0.15) is 24.6 Å². The molecule has 188 valence electrons. The van der Waals surface area contributed by atoms with Crippen molar-refractivity contribution >= 4 is 55.7 Å². The third-order valence-electron chi connectivity index (χ3n) is 6.51. The van der Waals surface area contributed by atoms with Crippen molar-refractivity contribution < 1.29 is 18.0 Å². The molecule has 5 rings (SSSR count). The normalized spacial score (nSPS) is 19.1. The van der Waals surface area contributed by atoms with Crippen LogP contribution in [0.3, 0.4) is 0 Å². The number of amides is 3. The second kappa shape index (κ2) is 9.43. The Morgan fingerprint density at radius 3 is 2.69 bits per heavy atom. The number of thiazole rings is 1. The lowest BCUT2D eigenvalue weighted by Gasteiger charge is -2.25. The van der Waals surface area contributed by atoms with Crippen LogP contribution in [-0.2, 0) is 26.8 Å². The quantitative estimate of drug-likeness (QED) is 0.506. The summed E-state index contributed by atoms with van der Waals surface area (Å²) in [6.07, 6.45) is 3.66. The van der Waals surface area contributed by atoms with Crippen molar-refractivity contribution in [3.63, 3.8) is 0 Å². The lowest BCUT2D eigenvalue weighted by molar-refractivity contribution is -0.127. The second-order valence-electron chi connectivity index (χ2n) is 8.78. The molecular formula is C23H23ClN6O4S2. The number of halogens is 1. The van der Waals surface area contributed by atoms with E-state index in [4.69, 9.17) is 11.6 Å². The van der Waals surface area contributed by atoms with Gasteiger partial charge in [-0.25, -0.2) is 22.9 Å². The first-order valence-corrected chi connectivity index (χ1v) is 13.8. The van der Waals surface area contributed by atoms with Gasteiger partial charge in [-0.3, -0.25) is 20.0 Å². The monoisotopic (exact) mass is 546 g/mol. The highest BCUT2D eigenvalue weighted by Crippen LogP contribution is 2.47. The maximum Gasteiger partial charge on any atom is 0.328 e. The Morgan fingerprint density at radius 2 is 2.03 bits per heavy atom. The molecule has 4 heterocycles. The van der Waals surface area contributed by atoms with Gasteiger partial charge in [0, 0.05) is 43.9 Å². The van der Waals surface area contributed by atoms with E-state index < -0.39 is 21.5 Å². The minimum absolute atomic E-state index is 0.0500. The van der Waals surface area contributed by atoms with Crippen LogP contribution < -0.4 is 14.9 Å². The molecule has 1 unspecified atom stereocenters. The molecule has 13 heteroatoms. The van der Waals surface area contributed by atoms with E-state index in [2.05, 4.69) is 20.0 Å². The van der Waals surface area contributed by atoms with Crippen molar-refractivity contribution in [1.82, 2.24) is 19.6 Å². The summed E-state index contributed by atoms with van der Waals surface area (Å²) in [7, 11) is -3.85. The molecule has 0 bridgehead atoms. The van der Waals surface area contributed by atoms with Gasteiger partial charge in [0.05, 0.1) is 23.3 Å². The van der Waals surface area contributed by atoms with Crippen molar-refractivity contribution in [2.24, 2.45) is 0 Å². The summed E-state index contributed by atoms with van der Waals surface area (Å²) in [4.78, 5) is 36.9. The number of hydrogen-bond donors (Lipinski definition) is 2. The topological polar surface area (TPSA) is 125 Å². The number of nitrogens with one attached hydrogen (secondary N) is 2. The summed E-state index contributed by atoms with van der Waals surface area (Å²) in [5, 5.41) is 3.12. The number of hydrogen-bond acceptors (Lipinski definition) is 7. The van der Waals surface area contributed by atoms with E-state index in [1.807, 2.05) is 0 Å². The van der Waals surface area contributed by atoms with Crippen molar-refractivity contribution in [3.05, 3.63) is 64.4 Å². The predicted octanol–water partition coefficient (Wildman–Crippen LogP) is 3.21. The Balaban J connectivity index is 1.47. The molecule has 10 nitrogen and oxygen atoms in total. The number of fused-ring (bicyclic) bond motifs is 2. The molecule has 2 aromatic heterocycles. The van der Waals surface area contributed by atoms with Crippen LogP contribution in [0.5, 0.6) is 0 Å². The smallest absolute Gasteiger partial charge is 0.328 e. The Bertz CT molecular complexity index is 1430. The number of rotatable bonds is 5. The predicted molar refractivity (Wildman–Crippen MR) is 137 cm³/mol. The number of aromatic nitrogens is 2. The fourth-order valence-electron chi connectivity index (χ4n) is 4.71. The molecule has 2 N–H and O–H groups in total. The number of anilines is 2. The summed E-state index contributed by atoms with van der Waals surface area (Å²) < 4.78 is 29.3. The number of urea groups is 1. The standard InChI is InChI=1S/C23H23ClN6O4S2/c1-15(31)29-9-7-23(13-29)14-30(22(32)28-21-26-12-20(24)35-21)19-6-5-17(10-18(19)23)36(33,34)27-11-16-4-2-3-8-25-16/h2-6,8,10,12,27H,7,9,11,13-14H2,1H3,(H,26,28,32). The highest BCUT2D eigenvalue weighted by atomic mass is 35.5. The molecule has 0 aliphatic carbocycles. The van der Waals surface area contributed by atoms with E-state index >= 15 is 0 Å². The number of nitrogens with zero attached hydrogens (tertiary/aromatic N) is 4. The second-order valence-corrected chi connectivity index (χ2v) is 12.2. The molecular weight excluding hydrogens is 524 g/mol. The van der Waals surface area contributed by atoms with Gasteiger partial charge in [0.2, 0.25) is 15.9 Å². The molecule has 1 spiro atoms. The van der Waals surface area contributed by atoms with Crippen molar-refractivity contribution in [1.29, 1.82) is 0 Å². The van der Waals surface area contributed by atoms with Crippen LogP contribution in [0.4, 0.5) is 15.6 Å². The molecule has 1 saturated heterocycles. The third kappa shape index (κ3) is 4.69. The van der Waals surface area contributed by atoms with E-state index in [-0.39, 0.29) is 17.3 Å². The van der Waals surface area contributed by atoms with Gasteiger partial charge in [0.1, 0.15) is 4.34 Å². The van der Waals surface area contributed by atoms with E-state index in [9.17, 15) is 18.0 Å². The number of benzene rings is 1. The SMILES string of the molecule is CC(=O)N1CCC2(C1)CN(C(=O)Nc1ncc(Cl)s1)c1ccc(S(=O)(=O)NCc3ccccn3)cc12. The first-order valence-electron chi connectivity index (χ1n) is 11.2. The molecule has 0 saturated carbocycles. The van der Waals surface area contributed by atoms with Crippen LogP contribution in [0, 0.1) is 0 Å². The average molecular weight is 547 g/mol. The summed E-state index contributed by atoms with van der Waals surface area (Å²) in [5.41, 5.74) is 1.34. The van der Waals surface area contributed by atoms with Crippen LogP contribution >= 0.6 is 22.9 Å². The number of carbonyl (C=O) groups is 2. The van der Waals surface area contributed by atoms with Crippen molar-refractivity contribution in [2.75, 3.05) is 29.9 Å². The highest BCUT2D eigenvalue weighted by molar-refractivity contribution is 7.89. The van der Waals surface area contributed by atoms with E-state index in [1.54, 1.807) is 46.3 Å². The van der Waals surface area contributed by atoms with E-state index in [0.29, 0.717) is 46.9 Å². The van der Waals surface area contributed by atoms with Gasteiger partial charge in [-0.05, 0) is 42.3 Å². The van der Waals surface area contributed by atoms with E-state index in [1.165, 1.54) is 19.2 Å². The zero-order chi connectivity index (χ0) is 25.5. The summed E-state index contributed by atoms with van der Waals surface area (Å²) in [5.74, 6) is -0.0606. The fraction of sp³-hybridized carbons (Fsp3) is 0.304. The molecule has 2 aliphatic rings. The highest BCUT2D eigenvalue weighted by Gasteiger charge is 2.50. The molecule has 1 fully saturated rings. The van der Waals surface area contributed by atoms with Gasteiger partial charge in [0.25, 0.3) is 0 Å². The maximum absolute atomic E-state index is 13.2. The van der Waals surface area contributed by atoms with Gasteiger partial charge in [0.15, 0.2) is 5.13 Å². The molecule has 0 radical (unpaired) electrons. The maximum atomic E-state index is 13.2. The largest absolute Gasteiger partial charge is 0.342 e. The van der Waals surface area contributed by atoms with Crippen LogP contribution in [-0.4, -0.2) is 54.9 Å². The minimum Gasteiger partial charge on any atom is -0.342 e. The van der Waals surface area contributed by atoms with Gasteiger partial charge in [-0.1, -0.05) is 29.0 Å². The summed E-state index contributed by atoms with van der Waals surface area (Å²) in [6.45, 7) is 2.79. The van der Waals surface area contributed by atoms with Gasteiger partial charge in [-0.2, -0.15) is 0 Å². The van der Waals surface area contributed by atoms with Crippen molar-refractivity contribution in [2.45, 2.75) is 30.2 Å². The van der Waals surface area contributed by atoms with Gasteiger partial charge in [-0.15, -0.1) is 0 Å². The summed E-state index contributed by atoms with van der Waals surface area (Å²) in [6, 6.07) is 9.63.